The smallest absolute Gasteiger partial charge is 0.311 e. The Morgan fingerprint density at radius 1 is 1.30 bits per heavy atom. The first-order chi connectivity index (χ1) is 11.0. The molecular formula is C14H18N4O4S. The molecule has 0 aliphatic heterocycles. The second kappa shape index (κ2) is 7.73. The molecule has 0 aromatic heterocycles. The lowest BCUT2D eigenvalue weighted by Gasteiger charge is -2.23. The number of aromatic hydroxyl groups is 2. The van der Waals surface area contributed by atoms with E-state index >= 15 is 0 Å². The maximum atomic E-state index is 10.8. The molecule has 0 spiro atoms. The van der Waals surface area contributed by atoms with E-state index in [2.05, 4.69) is 15.8 Å². The number of thiocarbonyl (C=S) groups is 1. The van der Waals surface area contributed by atoms with Crippen molar-refractivity contribution in [3.63, 3.8) is 0 Å². The number of rotatable bonds is 4. The number of nitro groups is 1. The van der Waals surface area contributed by atoms with Crippen LogP contribution >= 0.6 is 12.2 Å². The van der Waals surface area contributed by atoms with Gasteiger partial charge in [-0.2, -0.15) is 5.10 Å². The summed E-state index contributed by atoms with van der Waals surface area (Å²) in [5, 5.41) is 37.2. The number of phenols is 2. The zero-order valence-corrected chi connectivity index (χ0v) is 13.2. The molecule has 4 N–H and O–H groups in total. The van der Waals surface area contributed by atoms with E-state index in [-0.39, 0.29) is 11.3 Å². The zero-order valence-electron chi connectivity index (χ0n) is 12.4. The van der Waals surface area contributed by atoms with Crippen LogP contribution in [-0.2, 0) is 0 Å². The Morgan fingerprint density at radius 3 is 2.65 bits per heavy atom. The van der Waals surface area contributed by atoms with Gasteiger partial charge in [-0.15, -0.1) is 0 Å². The molecule has 0 heterocycles. The molecule has 0 amide bonds. The summed E-state index contributed by atoms with van der Waals surface area (Å²) >= 11 is 5.12. The van der Waals surface area contributed by atoms with Gasteiger partial charge < -0.3 is 15.5 Å². The van der Waals surface area contributed by atoms with Gasteiger partial charge in [0.05, 0.1) is 11.1 Å². The van der Waals surface area contributed by atoms with E-state index in [9.17, 15) is 20.3 Å². The molecule has 1 aliphatic carbocycles. The summed E-state index contributed by atoms with van der Waals surface area (Å²) in [5.74, 6) is -0.920. The summed E-state index contributed by atoms with van der Waals surface area (Å²) < 4.78 is 0. The molecule has 2 rings (SSSR count). The van der Waals surface area contributed by atoms with Crippen LogP contribution in [0.2, 0.25) is 0 Å². The summed E-state index contributed by atoms with van der Waals surface area (Å²) in [7, 11) is 0. The molecule has 1 aliphatic rings. The number of nitrogens with zero attached hydrogens (tertiary/aromatic N) is 2. The van der Waals surface area contributed by atoms with Crippen LogP contribution in [0.4, 0.5) is 5.69 Å². The summed E-state index contributed by atoms with van der Waals surface area (Å²) in [4.78, 5) is 10.0. The molecule has 0 bridgehead atoms. The first kappa shape index (κ1) is 16.9. The molecule has 1 aromatic carbocycles. The standard InChI is InChI=1S/C14H18N4O4S/c19-12-7-13(20)11(18(21)22)6-9(12)8-15-17-14(23)16-10-4-2-1-3-5-10/h6-8,10,19-20H,1-5H2,(H2,16,17,23)/b15-8+. The number of hydrogen-bond acceptors (Lipinski definition) is 6. The van der Waals surface area contributed by atoms with E-state index in [0.29, 0.717) is 11.2 Å². The largest absolute Gasteiger partial charge is 0.507 e. The van der Waals surface area contributed by atoms with Crippen LogP contribution in [0.1, 0.15) is 37.7 Å². The van der Waals surface area contributed by atoms with Crippen LogP contribution in [0.3, 0.4) is 0 Å². The third-order valence-electron chi connectivity index (χ3n) is 3.63. The number of benzene rings is 1. The van der Waals surface area contributed by atoms with Crippen molar-refractivity contribution in [1.82, 2.24) is 10.7 Å². The Hall–Kier alpha value is -2.42. The van der Waals surface area contributed by atoms with E-state index in [1.165, 1.54) is 25.5 Å². The molecule has 0 radical (unpaired) electrons. The molecule has 0 saturated heterocycles. The highest BCUT2D eigenvalue weighted by molar-refractivity contribution is 7.80. The van der Waals surface area contributed by atoms with Crippen molar-refractivity contribution in [1.29, 1.82) is 0 Å². The predicted molar refractivity (Wildman–Crippen MR) is 89.8 cm³/mol. The number of hydrogen-bond donors (Lipinski definition) is 4. The average Bonchev–Trinajstić information content (AvgIpc) is 2.50. The summed E-state index contributed by atoms with van der Waals surface area (Å²) in [5.41, 5.74) is 2.21. The van der Waals surface area contributed by atoms with Crippen LogP contribution in [0, 0.1) is 10.1 Å². The van der Waals surface area contributed by atoms with E-state index < -0.39 is 16.4 Å². The molecule has 1 aromatic rings. The minimum atomic E-state index is -0.741. The normalized spacial score (nSPS) is 15.5. The highest BCUT2D eigenvalue weighted by Crippen LogP contribution is 2.31. The lowest BCUT2D eigenvalue weighted by molar-refractivity contribution is -0.385. The minimum Gasteiger partial charge on any atom is -0.507 e. The lowest BCUT2D eigenvalue weighted by Crippen LogP contribution is -2.40. The van der Waals surface area contributed by atoms with Crippen molar-refractivity contribution < 1.29 is 15.1 Å². The average molecular weight is 338 g/mol. The van der Waals surface area contributed by atoms with Gasteiger partial charge in [0.1, 0.15) is 5.75 Å². The fourth-order valence-electron chi connectivity index (χ4n) is 2.46. The predicted octanol–water partition coefficient (Wildman–Crippen LogP) is 2.14. The summed E-state index contributed by atoms with van der Waals surface area (Å²) in [6.45, 7) is 0. The number of hydrazone groups is 1. The molecule has 0 atom stereocenters. The van der Waals surface area contributed by atoms with Gasteiger partial charge in [-0.1, -0.05) is 19.3 Å². The molecule has 9 heteroatoms. The molecule has 1 saturated carbocycles. The SMILES string of the molecule is O=[N+]([O-])c1cc(/C=N/NC(=S)NC2CCCCC2)c(O)cc1O. The first-order valence-electron chi connectivity index (χ1n) is 7.27. The molecular weight excluding hydrogens is 320 g/mol. The van der Waals surface area contributed by atoms with Gasteiger partial charge in [0.15, 0.2) is 10.9 Å². The lowest BCUT2D eigenvalue weighted by atomic mass is 9.96. The summed E-state index contributed by atoms with van der Waals surface area (Å²) in [6.07, 6.45) is 6.93. The van der Waals surface area contributed by atoms with Crippen LogP contribution in [0.15, 0.2) is 17.2 Å². The topological polar surface area (TPSA) is 120 Å². The molecule has 8 nitrogen and oxygen atoms in total. The van der Waals surface area contributed by atoms with Gasteiger partial charge in [-0.3, -0.25) is 15.5 Å². The first-order valence-corrected chi connectivity index (χ1v) is 7.68. The third-order valence-corrected chi connectivity index (χ3v) is 3.84. The van der Waals surface area contributed by atoms with Crippen molar-refractivity contribution in [3.05, 3.63) is 27.8 Å². The Kier molecular flexibility index (Phi) is 5.69. The molecule has 1 fully saturated rings. The quantitative estimate of drug-likeness (QED) is 0.287. The molecule has 0 unspecified atom stereocenters. The van der Waals surface area contributed by atoms with E-state index in [4.69, 9.17) is 12.2 Å². The van der Waals surface area contributed by atoms with Crippen molar-refractivity contribution in [3.8, 4) is 11.5 Å². The highest BCUT2D eigenvalue weighted by Gasteiger charge is 2.17. The van der Waals surface area contributed by atoms with Gasteiger partial charge in [0.25, 0.3) is 0 Å². The van der Waals surface area contributed by atoms with Crippen LogP contribution in [-0.4, -0.2) is 32.5 Å². The maximum Gasteiger partial charge on any atom is 0.311 e. The fourth-order valence-corrected chi connectivity index (χ4v) is 2.68. The second-order valence-electron chi connectivity index (χ2n) is 5.34. The Bertz CT molecular complexity index is 629. The maximum absolute atomic E-state index is 10.8. The van der Waals surface area contributed by atoms with Crippen LogP contribution in [0.5, 0.6) is 11.5 Å². The number of nitrogens with one attached hydrogen (secondary N) is 2. The zero-order chi connectivity index (χ0) is 16.8. The Labute approximate surface area is 138 Å². The van der Waals surface area contributed by atoms with Crippen molar-refractivity contribution in [2.45, 2.75) is 38.1 Å². The van der Waals surface area contributed by atoms with Gasteiger partial charge in [-0.05, 0) is 25.1 Å². The third kappa shape index (κ3) is 4.78. The Balaban J connectivity index is 1.95. The van der Waals surface area contributed by atoms with Gasteiger partial charge in [0.2, 0.25) is 0 Å². The molecule has 124 valence electrons. The van der Waals surface area contributed by atoms with Crippen molar-refractivity contribution in [2.75, 3.05) is 0 Å². The van der Waals surface area contributed by atoms with Gasteiger partial charge in [0, 0.05) is 23.7 Å². The second-order valence-corrected chi connectivity index (χ2v) is 5.74. The van der Waals surface area contributed by atoms with E-state index in [1.807, 2.05) is 0 Å². The van der Waals surface area contributed by atoms with Crippen LogP contribution < -0.4 is 10.7 Å². The van der Waals surface area contributed by atoms with Crippen molar-refractivity contribution >= 4 is 29.2 Å². The van der Waals surface area contributed by atoms with Gasteiger partial charge >= 0.3 is 5.69 Å². The molecule has 23 heavy (non-hydrogen) atoms. The fraction of sp³-hybridized carbons (Fsp3) is 0.429. The Morgan fingerprint density at radius 2 is 2.00 bits per heavy atom. The van der Waals surface area contributed by atoms with Crippen LogP contribution in [0.25, 0.3) is 0 Å². The van der Waals surface area contributed by atoms with E-state index in [1.54, 1.807) is 0 Å². The number of nitro benzene ring substituents is 1. The number of phenolic OH excluding ortho intramolecular Hbond substituents is 2. The highest BCUT2D eigenvalue weighted by atomic mass is 32.1. The minimum absolute atomic E-state index is 0.0995. The monoisotopic (exact) mass is 338 g/mol. The van der Waals surface area contributed by atoms with Crippen molar-refractivity contribution in [2.24, 2.45) is 5.10 Å². The van der Waals surface area contributed by atoms with Gasteiger partial charge in [-0.25, -0.2) is 0 Å². The van der Waals surface area contributed by atoms with E-state index in [0.717, 1.165) is 25.0 Å². The summed E-state index contributed by atoms with van der Waals surface area (Å²) in [6, 6.07) is 2.27.